The SMILES string of the molecule is CC1(C)O[C@@H]2[C@H](NC(=O)c3ccccc3)[C@@H]3[C@H]([C@@H]2O1)[C@@H]1C=C[C@H]3C1. The summed E-state index contributed by atoms with van der Waals surface area (Å²) in [6.45, 7) is 3.94. The lowest BCUT2D eigenvalue weighted by atomic mass is 9.83. The second kappa shape index (κ2) is 4.93. The average molecular weight is 325 g/mol. The van der Waals surface area contributed by atoms with E-state index in [0.29, 0.717) is 29.2 Å². The highest BCUT2D eigenvalue weighted by Crippen LogP contribution is 2.59. The molecule has 5 rings (SSSR count). The molecule has 24 heavy (non-hydrogen) atoms. The summed E-state index contributed by atoms with van der Waals surface area (Å²) >= 11 is 0. The molecule has 1 aromatic carbocycles. The van der Waals surface area contributed by atoms with Crippen LogP contribution in [0.1, 0.15) is 30.6 Å². The predicted molar refractivity (Wildman–Crippen MR) is 89.2 cm³/mol. The fourth-order valence-electron chi connectivity index (χ4n) is 5.48. The summed E-state index contributed by atoms with van der Waals surface area (Å²) in [5.74, 6) is 1.43. The summed E-state index contributed by atoms with van der Waals surface area (Å²) in [5.41, 5.74) is 0.703. The van der Waals surface area contributed by atoms with E-state index >= 15 is 0 Å². The molecule has 1 saturated heterocycles. The summed E-state index contributed by atoms with van der Waals surface area (Å²) in [5, 5.41) is 3.28. The molecule has 0 unspecified atom stereocenters. The lowest BCUT2D eigenvalue weighted by molar-refractivity contribution is -0.163. The van der Waals surface area contributed by atoms with Crippen molar-refractivity contribution < 1.29 is 14.3 Å². The van der Waals surface area contributed by atoms with E-state index in [1.165, 1.54) is 6.42 Å². The number of nitrogens with one attached hydrogen (secondary N) is 1. The fraction of sp³-hybridized carbons (Fsp3) is 0.550. The van der Waals surface area contributed by atoms with Gasteiger partial charge < -0.3 is 14.8 Å². The minimum Gasteiger partial charge on any atom is -0.346 e. The number of allylic oxidation sites excluding steroid dienone is 2. The van der Waals surface area contributed by atoms with Gasteiger partial charge in [-0.15, -0.1) is 0 Å². The molecule has 4 aliphatic rings. The molecule has 0 spiro atoms. The van der Waals surface area contributed by atoms with Gasteiger partial charge in [0.15, 0.2) is 5.79 Å². The highest BCUT2D eigenvalue weighted by Gasteiger charge is 2.65. The Morgan fingerprint density at radius 1 is 1.04 bits per heavy atom. The molecule has 4 nitrogen and oxygen atoms in total. The van der Waals surface area contributed by atoms with Gasteiger partial charge in [0.05, 0.1) is 12.1 Å². The van der Waals surface area contributed by atoms with Crippen LogP contribution in [0.3, 0.4) is 0 Å². The second-order valence-electron chi connectivity index (χ2n) is 8.03. The topological polar surface area (TPSA) is 47.6 Å². The third-order valence-corrected chi connectivity index (χ3v) is 6.23. The van der Waals surface area contributed by atoms with E-state index in [1.54, 1.807) is 0 Å². The smallest absolute Gasteiger partial charge is 0.251 e. The van der Waals surface area contributed by atoms with Gasteiger partial charge in [0.25, 0.3) is 5.91 Å². The number of fused-ring (bicyclic) bond motifs is 7. The Labute approximate surface area is 142 Å². The normalized spacial score (nSPS) is 43.7. The predicted octanol–water partition coefficient (Wildman–Crippen LogP) is 2.76. The first-order chi connectivity index (χ1) is 11.5. The van der Waals surface area contributed by atoms with Crippen molar-refractivity contribution in [2.75, 3.05) is 0 Å². The molecular formula is C20H23NO3. The third-order valence-electron chi connectivity index (χ3n) is 6.23. The van der Waals surface area contributed by atoms with Gasteiger partial charge >= 0.3 is 0 Å². The Bertz CT molecular complexity index is 698. The number of amides is 1. The Hall–Kier alpha value is -1.65. The van der Waals surface area contributed by atoms with Crippen molar-refractivity contribution in [1.29, 1.82) is 0 Å². The van der Waals surface area contributed by atoms with Crippen molar-refractivity contribution in [3.05, 3.63) is 48.0 Å². The number of benzene rings is 1. The van der Waals surface area contributed by atoms with Gasteiger partial charge in [0.2, 0.25) is 0 Å². The van der Waals surface area contributed by atoms with Crippen molar-refractivity contribution >= 4 is 5.91 Å². The first-order valence-electron chi connectivity index (χ1n) is 8.93. The van der Waals surface area contributed by atoms with Crippen molar-refractivity contribution in [2.45, 2.75) is 44.3 Å². The highest BCUT2D eigenvalue weighted by molar-refractivity contribution is 5.94. The molecule has 1 aliphatic heterocycles. The Balaban J connectivity index is 1.45. The van der Waals surface area contributed by atoms with Crippen LogP contribution < -0.4 is 5.32 Å². The first-order valence-corrected chi connectivity index (χ1v) is 8.93. The zero-order valence-corrected chi connectivity index (χ0v) is 14.0. The van der Waals surface area contributed by atoms with E-state index in [-0.39, 0.29) is 24.2 Å². The van der Waals surface area contributed by atoms with Crippen LogP contribution in [0.5, 0.6) is 0 Å². The maximum Gasteiger partial charge on any atom is 0.251 e. The van der Waals surface area contributed by atoms with Crippen molar-refractivity contribution in [3.63, 3.8) is 0 Å². The Kier molecular flexibility index (Phi) is 3.01. The van der Waals surface area contributed by atoms with Crippen LogP contribution >= 0.6 is 0 Å². The van der Waals surface area contributed by atoms with Crippen molar-refractivity contribution in [2.24, 2.45) is 23.7 Å². The number of ether oxygens (including phenoxy) is 2. The number of rotatable bonds is 2. The molecule has 1 N–H and O–H groups in total. The fourth-order valence-corrected chi connectivity index (χ4v) is 5.48. The lowest BCUT2D eigenvalue weighted by Gasteiger charge is -2.31. The molecule has 1 aromatic rings. The molecule has 3 fully saturated rings. The molecular weight excluding hydrogens is 302 g/mol. The highest BCUT2D eigenvalue weighted by atomic mass is 16.8. The molecule has 0 radical (unpaired) electrons. The molecule has 1 amide bonds. The summed E-state index contributed by atoms with van der Waals surface area (Å²) in [4.78, 5) is 12.7. The Morgan fingerprint density at radius 2 is 1.71 bits per heavy atom. The minimum atomic E-state index is -0.568. The minimum absolute atomic E-state index is 0.0138. The maximum absolute atomic E-state index is 12.7. The standard InChI is InChI=1S/C20H23NO3/c1-20(2)23-17-15-13-9-8-12(10-13)14(15)16(18(17)24-20)21-19(22)11-6-4-3-5-7-11/h3-9,12-18H,10H2,1-2H3,(H,21,22)/t12-,13+,14-,15+,16+,17-,18+/m0/s1. The van der Waals surface area contributed by atoms with E-state index in [1.807, 2.05) is 44.2 Å². The molecule has 3 aliphatic carbocycles. The number of carbonyl (C=O) groups is 1. The summed E-state index contributed by atoms with van der Waals surface area (Å²) < 4.78 is 12.5. The molecule has 7 atom stereocenters. The van der Waals surface area contributed by atoms with E-state index < -0.39 is 5.79 Å². The van der Waals surface area contributed by atoms with Gasteiger partial charge in [0, 0.05) is 5.56 Å². The van der Waals surface area contributed by atoms with Crippen LogP contribution in [-0.2, 0) is 9.47 Å². The van der Waals surface area contributed by atoms with Gasteiger partial charge in [-0.05, 0) is 56.1 Å². The van der Waals surface area contributed by atoms with Crippen LogP contribution in [-0.4, -0.2) is 29.9 Å². The maximum atomic E-state index is 12.7. The molecule has 0 aromatic heterocycles. The van der Waals surface area contributed by atoms with E-state index in [4.69, 9.17) is 9.47 Å². The van der Waals surface area contributed by atoms with Gasteiger partial charge in [-0.3, -0.25) is 4.79 Å². The van der Waals surface area contributed by atoms with E-state index in [0.717, 1.165) is 0 Å². The lowest BCUT2D eigenvalue weighted by Crippen LogP contribution is -2.47. The summed E-state index contributed by atoms with van der Waals surface area (Å²) in [6.07, 6.45) is 5.91. The third kappa shape index (κ3) is 2.02. The monoisotopic (exact) mass is 325 g/mol. The molecule has 2 saturated carbocycles. The van der Waals surface area contributed by atoms with Crippen LogP contribution in [0.4, 0.5) is 0 Å². The molecule has 2 bridgehead atoms. The van der Waals surface area contributed by atoms with Crippen LogP contribution in [0.15, 0.2) is 42.5 Å². The van der Waals surface area contributed by atoms with Gasteiger partial charge in [0.1, 0.15) is 6.10 Å². The Morgan fingerprint density at radius 3 is 2.46 bits per heavy atom. The van der Waals surface area contributed by atoms with Crippen molar-refractivity contribution in [1.82, 2.24) is 5.32 Å². The van der Waals surface area contributed by atoms with Crippen LogP contribution in [0.2, 0.25) is 0 Å². The number of hydrogen-bond donors (Lipinski definition) is 1. The zero-order chi connectivity index (χ0) is 16.5. The molecule has 126 valence electrons. The largest absolute Gasteiger partial charge is 0.346 e. The summed E-state index contributed by atoms with van der Waals surface area (Å²) in [7, 11) is 0. The number of hydrogen-bond acceptors (Lipinski definition) is 3. The van der Waals surface area contributed by atoms with E-state index in [9.17, 15) is 4.79 Å². The van der Waals surface area contributed by atoms with Crippen LogP contribution in [0, 0.1) is 23.7 Å². The molecule has 1 heterocycles. The second-order valence-corrected chi connectivity index (χ2v) is 8.03. The van der Waals surface area contributed by atoms with E-state index in [2.05, 4.69) is 17.5 Å². The van der Waals surface area contributed by atoms with Crippen molar-refractivity contribution in [3.8, 4) is 0 Å². The van der Waals surface area contributed by atoms with Gasteiger partial charge in [-0.25, -0.2) is 0 Å². The summed E-state index contributed by atoms with van der Waals surface area (Å²) in [6, 6.07) is 9.46. The first kappa shape index (κ1) is 14.7. The van der Waals surface area contributed by atoms with Gasteiger partial charge in [-0.1, -0.05) is 30.4 Å². The quantitative estimate of drug-likeness (QED) is 0.851. The van der Waals surface area contributed by atoms with Crippen LogP contribution in [0.25, 0.3) is 0 Å². The number of carbonyl (C=O) groups excluding carboxylic acids is 1. The molecule has 4 heteroatoms. The van der Waals surface area contributed by atoms with Gasteiger partial charge in [-0.2, -0.15) is 0 Å². The zero-order valence-electron chi connectivity index (χ0n) is 14.0. The average Bonchev–Trinajstić information content (AvgIpc) is 3.29.